The summed E-state index contributed by atoms with van der Waals surface area (Å²) in [7, 11) is 2.04. The molecule has 1 fully saturated rings. The number of aromatic nitrogens is 2. The maximum atomic E-state index is 9.08. The zero-order chi connectivity index (χ0) is 18.4. The quantitative estimate of drug-likeness (QED) is 0.758. The molecule has 1 atom stereocenters. The Hall–Kier alpha value is -2.18. The first-order chi connectivity index (χ1) is 12.7. The Morgan fingerprint density at radius 2 is 2.00 bits per heavy atom. The number of hydrogen-bond acceptors (Lipinski definition) is 6. The molecule has 0 saturated carbocycles. The van der Waals surface area contributed by atoms with Gasteiger partial charge in [-0.2, -0.15) is 4.98 Å². The molecule has 2 aromatic rings. The maximum absolute atomic E-state index is 9.08. The summed E-state index contributed by atoms with van der Waals surface area (Å²) in [4.78, 5) is 11.4. The van der Waals surface area contributed by atoms with E-state index in [0.717, 1.165) is 37.5 Å². The number of nitrogens with zero attached hydrogens (tertiary/aromatic N) is 3. The van der Waals surface area contributed by atoms with Crippen LogP contribution in [0.1, 0.15) is 36.1 Å². The van der Waals surface area contributed by atoms with E-state index in [1.54, 1.807) is 0 Å². The number of ether oxygens (including phenoxy) is 1. The van der Waals surface area contributed by atoms with E-state index in [2.05, 4.69) is 57.4 Å². The Bertz CT molecular complexity index is 699. The molecule has 0 radical (unpaired) electrons. The van der Waals surface area contributed by atoms with Crippen LogP contribution in [0.5, 0.6) is 0 Å². The van der Waals surface area contributed by atoms with Crippen LogP contribution in [0.4, 0.5) is 11.8 Å². The predicted octanol–water partition coefficient (Wildman–Crippen LogP) is 2.58. The number of nitrogens with one attached hydrogen (secondary N) is 1. The van der Waals surface area contributed by atoms with Crippen LogP contribution < -0.4 is 10.2 Å². The highest BCUT2D eigenvalue weighted by molar-refractivity contribution is 5.46. The van der Waals surface area contributed by atoms with Crippen LogP contribution in [0.3, 0.4) is 0 Å². The third-order valence-corrected chi connectivity index (χ3v) is 4.72. The van der Waals surface area contributed by atoms with Gasteiger partial charge in [0, 0.05) is 38.7 Å². The molecule has 6 heteroatoms. The first kappa shape index (κ1) is 18.6. The van der Waals surface area contributed by atoms with Crippen LogP contribution in [0.25, 0.3) is 0 Å². The minimum absolute atomic E-state index is 0.0507. The largest absolute Gasteiger partial charge is 0.395 e. The van der Waals surface area contributed by atoms with E-state index in [1.807, 2.05) is 7.05 Å². The normalized spacial score (nSPS) is 16.7. The van der Waals surface area contributed by atoms with Gasteiger partial charge >= 0.3 is 0 Å². The lowest BCUT2D eigenvalue weighted by atomic mass is 10.0. The predicted molar refractivity (Wildman–Crippen MR) is 104 cm³/mol. The van der Waals surface area contributed by atoms with Gasteiger partial charge in [0.1, 0.15) is 5.82 Å². The molecule has 0 aliphatic carbocycles. The molecule has 1 aromatic carbocycles. The van der Waals surface area contributed by atoms with Gasteiger partial charge in [-0.25, -0.2) is 4.98 Å². The van der Waals surface area contributed by atoms with Gasteiger partial charge < -0.3 is 20.1 Å². The van der Waals surface area contributed by atoms with Crippen LogP contribution in [0.2, 0.25) is 0 Å². The molecule has 0 bridgehead atoms. The average molecular weight is 356 g/mol. The summed E-state index contributed by atoms with van der Waals surface area (Å²) in [5.74, 6) is 1.75. The zero-order valence-electron chi connectivity index (χ0n) is 15.6. The van der Waals surface area contributed by atoms with E-state index in [4.69, 9.17) is 9.84 Å². The maximum Gasteiger partial charge on any atom is 0.224 e. The van der Waals surface area contributed by atoms with Gasteiger partial charge in [0.05, 0.1) is 18.9 Å². The van der Waals surface area contributed by atoms with Crippen molar-refractivity contribution >= 4 is 11.8 Å². The number of aliphatic hydroxyl groups is 1. The summed E-state index contributed by atoms with van der Waals surface area (Å²) < 4.78 is 5.52. The van der Waals surface area contributed by atoms with Gasteiger partial charge in [-0.1, -0.05) is 31.2 Å². The number of aliphatic hydroxyl groups excluding tert-OH is 1. The Balaban J connectivity index is 1.79. The molecular weight excluding hydrogens is 328 g/mol. The van der Waals surface area contributed by atoms with Crippen LogP contribution >= 0.6 is 0 Å². The van der Waals surface area contributed by atoms with Crippen molar-refractivity contribution in [3.8, 4) is 0 Å². The Kier molecular flexibility index (Phi) is 6.41. The number of aryl methyl sites for hydroxylation is 1. The molecule has 6 nitrogen and oxygen atoms in total. The second-order valence-electron chi connectivity index (χ2n) is 6.71. The average Bonchev–Trinajstić information content (AvgIpc) is 3.21. The monoisotopic (exact) mass is 356 g/mol. The Labute approximate surface area is 155 Å². The lowest BCUT2D eigenvalue weighted by Gasteiger charge is -2.21. The van der Waals surface area contributed by atoms with Gasteiger partial charge in [-0.3, -0.25) is 0 Å². The Morgan fingerprint density at radius 1 is 1.23 bits per heavy atom. The van der Waals surface area contributed by atoms with Crippen molar-refractivity contribution in [2.45, 2.75) is 32.2 Å². The molecule has 3 rings (SSSR count). The summed E-state index contributed by atoms with van der Waals surface area (Å²) in [5.41, 5.74) is 3.59. The second-order valence-corrected chi connectivity index (χ2v) is 6.71. The molecule has 140 valence electrons. The van der Waals surface area contributed by atoms with E-state index in [-0.39, 0.29) is 6.61 Å². The van der Waals surface area contributed by atoms with E-state index >= 15 is 0 Å². The minimum atomic E-state index is 0.0507. The van der Waals surface area contributed by atoms with E-state index in [9.17, 15) is 0 Å². The standard InChI is InChI=1S/C20H28N4O2/c1-3-15-4-6-16(7-5-15)13-24(2)19-12-18(17-8-11-26-14-17)22-20(23-19)21-9-10-25/h4-7,12,17,25H,3,8-11,13-14H2,1-2H3,(H,21,22,23). The smallest absolute Gasteiger partial charge is 0.224 e. The van der Waals surface area contributed by atoms with Crippen LogP contribution in [-0.4, -0.2) is 48.5 Å². The van der Waals surface area contributed by atoms with Gasteiger partial charge in [0.25, 0.3) is 0 Å². The van der Waals surface area contributed by atoms with Crippen LogP contribution in [0.15, 0.2) is 30.3 Å². The first-order valence-electron chi connectivity index (χ1n) is 9.30. The summed E-state index contributed by atoms with van der Waals surface area (Å²) >= 11 is 0. The fourth-order valence-corrected chi connectivity index (χ4v) is 3.11. The number of hydrogen-bond donors (Lipinski definition) is 2. The van der Waals surface area contributed by atoms with Crippen LogP contribution in [-0.2, 0) is 17.7 Å². The highest BCUT2D eigenvalue weighted by Gasteiger charge is 2.21. The van der Waals surface area contributed by atoms with Gasteiger partial charge in [-0.15, -0.1) is 0 Å². The lowest BCUT2D eigenvalue weighted by Crippen LogP contribution is -2.20. The molecule has 0 spiro atoms. The molecular formula is C20H28N4O2. The van der Waals surface area contributed by atoms with Crippen molar-refractivity contribution in [2.24, 2.45) is 0 Å². The fourth-order valence-electron chi connectivity index (χ4n) is 3.11. The van der Waals surface area contributed by atoms with Gasteiger partial charge in [0.15, 0.2) is 0 Å². The zero-order valence-corrected chi connectivity index (χ0v) is 15.6. The minimum Gasteiger partial charge on any atom is -0.395 e. The molecule has 2 heterocycles. The Morgan fingerprint density at radius 3 is 2.65 bits per heavy atom. The molecule has 0 amide bonds. The number of anilines is 2. The van der Waals surface area contributed by atoms with Crippen molar-refractivity contribution in [3.63, 3.8) is 0 Å². The highest BCUT2D eigenvalue weighted by Crippen LogP contribution is 2.27. The molecule has 1 aliphatic rings. The SMILES string of the molecule is CCc1ccc(CN(C)c2cc(C3CCOC3)nc(NCCO)n2)cc1. The van der Waals surface area contributed by atoms with Crippen molar-refractivity contribution in [2.75, 3.05) is 43.6 Å². The molecule has 26 heavy (non-hydrogen) atoms. The molecule has 2 N–H and O–H groups in total. The molecule has 1 unspecified atom stereocenters. The second kappa shape index (κ2) is 8.96. The van der Waals surface area contributed by atoms with Crippen molar-refractivity contribution in [1.29, 1.82) is 0 Å². The van der Waals surface area contributed by atoms with Crippen molar-refractivity contribution in [3.05, 3.63) is 47.2 Å². The van der Waals surface area contributed by atoms with Crippen molar-refractivity contribution in [1.82, 2.24) is 9.97 Å². The van der Waals surface area contributed by atoms with Crippen LogP contribution in [0, 0.1) is 0 Å². The number of rotatable bonds is 8. The fraction of sp³-hybridized carbons (Fsp3) is 0.500. The summed E-state index contributed by atoms with van der Waals surface area (Å²) in [6, 6.07) is 10.8. The van der Waals surface area contributed by atoms with E-state index in [1.165, 1.54) is 11.1 Å². The number of benzene rings is 1. The summed E-state index contributed by atoms with van der Waals surface area (Å²) in [6.07, 6.45) is 2.03. The van der Waals surface area contributed by atoms with E-state index in [0.29, 0.717) is 25.0 Å². The lowest BCUT2D eigenvalue weighted by molar-refractivity contribution is 0.193. The molecule has 1 aliphatic heterocycles. The molecule has 1 aromatic heterocycles. The summed E-state index contributed by atoms with van der Waals surface area (Å²) in [5, 5.41) is 12.2. The van der Waals surface area contributed by atoms with E-state index < -0.39 is 0 Å². The summed E-state index contributed by atoms with van der Waals surface area (Å²) in [6.45, 7) is 4.92. The van der Waals surface area contributed by atoms with Gasteiger partial charge in [-0.05, 0) is 24.0 Å². The third kappa shape index (κ3) is 4.71. The topological polar surface area (TPSA) is 70.5 Å². The molecule has 1 saturated heterocycles. The van der Waals surface area contributed by atoms with Gasteiger partial charge in [0.2, 0.25) is 5.95 Å². The third-order valence-electron chi connectivity index (χ3n) is 4.72. The first-order valence-corrected chi connectivity index (χ1v) is 9.30. The highest BCUT2D eigenvalue weighted by atomic mass is 16.5. The van der Waals surface area contributed by atoms with Crippen molar-refractivity contribution < 1.29 is 9.84 Å².